The first-order valence-electron chi connectivity index (χ1n) is 5.80. The van der Waals surface area contributed by atoms with Crippen molar-refractivity contribution in [2.45, 2.75) is 27.2 Å². The lowest BCUT2D eigenvalue weighted by molar-refractivity contribution is 0.0474. The van der Waals surface area contributed by atoms with E-state index < -0.39 is 5.41 Å². The zero-order valence-corrected chi connectivity index (χ0v) is 11.0. The number of esters is 1. The molecule has 2 N–H and O–H groups in total. The molecule has 0 aliphatic rings. The van der Waals surface area contributed by atoms with Gasteiger partial charge in [-0.05, 0) is 51.0 Å². The first-order chi connectivity index (χ1) is 8.35. The van der Waals surface area contributed by atoms with Crippen molar-refractivity contribution in [2.24, 2.45) is 5.41 Å². The molecule has 4 heteroatoms. The summed E-state index contributed by atoms with van der Waals surface area (Å²) in [6.45, 7) is 5.68. The number of anilines is 1. The molecule has 0 aliphatic heterocycles. The quantitative estimate of drug-likeness (QED) is 0.654. The summed E-state index contributed by atoms with van der Waals surface area (Å²) in [5.41, 5.74) is 7.06. The fraction of sp³-hybridized carbons (Fsp3) is 0.429. The molecule has 96 valence electrons. The second-order valence-corrected chi connectivity index (χ2v) is 4.96. The molecule has 0 radical (unpaired) electrons. The van der Waals surface area contributed by atoms with Gasteiger partial charge < -0.3 is 10.5 Å². The van der Waals surface area contributed by atoms with Crippen LogP contribution < -0.4 is 5.73 Å². The molecule has 0 saturated heterocycles. The van der Waals surface area contributed by atoms with Gasteiger partial charge in [-0.3, -0.25) is 0 Å². The summed E-state index contributed by atoms with van der Waals surface area (Å²) in [5.74, 6) is -0.374. The third-order valence-corrected chi connectivity index (χ3v) is 2.73. The number of hydrogen-bond donors (Lipinski definition) is 1. The molecule has 0 saturated carbocycles. The van der Waals surface area contributed by atoms with Gasteiger partial charge >= 0.3 is 5.97 Å². The van der Waals surface area contributed by atoms with Crippen LogP contribution in [-0.4, -0.2) is 12.6 Å². The molecule has 1 aromatic rings. The Labute approximate surface area is 107 Å². The van der Waals surface area contributed by atoms with Crippen LogP contribution in [-0.2, 0) is 4.74 Å². The Bertz CT molecular complexity index is 487. The van der Waals surface area contributed by atoms with Crippen molar-refractivity contribution >= 4 is 11.7 Å². The van der Waals surface area contributed by atoms with Crippen molar-refractivity contribution in [3.63, 3.8) is 0 Å². The van der Waals surface area contributed by atoms with Gasteiger partial charge in [0.2, 0.25) is 0 Å². The van der Waals surface area contributed by atoms with Crippen LogP contribution in [0.5, 0.6) is 0 Å². The smallest absolute Gasteiger partial charge is 0.338 e. The highest BCUT2D eigenvalue weighted by atomic mass is 16.5. The molecule has 18 heavy (non-hydrogen) atoms. The summed E-state index contributed by atoms with van der Waals surface area (Å²) in [7, 11) is 0. The number of ether oxygens (including phenoxy) is 1. The first kappa shape index (κ1) is 14.0. The van der Waals surface area contributed by atoms with Gasteiger partial charge in [0.25, 0.3) is 0 Å². The minimum atomic E-state index is -0.476. The molecular formula is C14H18N2O2. The van der Waals surface area contributed by atoms with Crippen molar-refractivity contribution < 1.29 is 9.53 Å². The van der Waals surface area contributed by atoms with Crippen molar-refractivity contribution in [1.29, 1.82) is 5.26 Å². The molecule has 4 nitrogen and oxygen atoms in total. The van der Waals surface area contributed by atoms with Gasteiger partial charge in [0.05, 0.1) is 23.7 Å². The Kier molecular flexibility index (Phi) is 4.33. The van der Waals surface area contributed by atoms with Gasteiger partial charge in [-0.1, -0.05) is 0 Å². The minimum Gasteiger partial charge on any atom is -0.462 e. The van der Waals surface area contributed by atoms with Gasteiger partial charge in [-0.2, -0.15) is 5.26 Å². The van der Waals surface area contributed by atoms with Gasteiger partial charge in [0.15, 0.2) is 0 Å². The van der Waals surface area contributed by atoms with E-state index in [0.717, 1.165) is 5.56 Å². The van der Waals surface area contributed by atoms with E-state index in [1.165, 1.54) is 0 Å². The topological polar surface area (TPSA) is 76.1 Å². The molecule has 0 heterocycles. The summed E-state index contributed by atoms with van der Waals surface area (Å²) < 4.78 is 5.16. The molecule has 0 fully saturated rings. The number of benzene rings is 1. The summed E-state index contributed by atoms with van der Waals surface area (Å²) in [4.78, 5) is 11.8. The fourth-order valence-electron chi connectivity index (χ4n) is 1.45. The SMILES string of the molecule is Cc1cc(N)ccc1C(=O)OCCC(C)(C)C#N. The Hall–Kier alpha value is -2.02. The number of nitrogens with two attached hydrogens (primary N) is 1. The number of nitrogens with zero attached hydrogens (tertiary/aromatic N) is 1. The fourth-order valence-corrected chi connectivity index (χ4v) is 1.45. The number of nitriles is 1. The first-order valence-corrected chi connectivity index (χ1v) is 5.80. The molecule has 1 rings (SSSR count). The van der Waals surface area contributed by atoms with Crippen LogP contribution in [0.3, 0.4) is 0 Å². The van der Waals surface area contributed by atoms with E-state index >= 15 is 0 Å². The molecule has 0 spiro atoms. The zero-order valence-electron chi connectivity index (χ0n) is 11.0. The Morgan fingerprint density at radius 1 is 1.50 bits per heavy atom. The van der Waals surface area contributed by atoms with E-state index in [9.17, 15) is 4.79 Å². The summed E-state index contributed by atoms with van der Waals surface area (Å²) >= 11 is 0. The van der Waals surface area contributed by atoms with Crippen molar-refractivity contribution in [2.75, 3.05) is 12.3 Å². The zero-order chi connectivity index (χ0) is 13.8. The average molecular weight is 246 g/mol. The van der Waals surface area contributed by atoms with Gasteiger partial charge in [0.1, 0.15) is 0 Å². The molecule has 0 amide bonds. The maximum absolute atomic E-state index is 11.8. The monoisotopic (exact) mass is 246 g/mol. The predicted octanol–water partition coefficient (Wildman–Crippen LogP) is 2.67. The van der Waals surface area contributed by atoms with Crippen LogP contribution >= 0.6 is 0 Å². The molecule has 0 bridgehead atoms. The normalized spacial score (nSPS) is 10.8. The molecule has 0 aliphatic carbocycles. The molecule has 0 atom stereocenters. The van der Waals surface area contributed by atoms with E-state index in [4.69, 9.17) is 15.7 Å². The predicted molar refractivity (Wildman–Crippen MR) is 69.9 cm³/mol. The Morgan fingerprint density at radius 2 is 2.17 bits per heavy atom. The lowest BCUT2D eigenvalue weighted by Crippen LogP contribution is -2.15. The summed E-state index contributed by atoms with van der Waals surface area (Å²) in [5, 5.41) is 8.85. The van der Waals surface area contributed by atoms with Gasteiger partial charge in [-0.25, -0.2) is 4.79 Å². The standard InChI is InChI=1S/C14H18N2O2/c1-10-8-11(16)4-5-12(10)13(17)18-7-6-14(2,3)9-15/h4-5,8H,6-7,16H2,1-3H3. The van der Waals surface area contributed by atoms with E-state index in [1.807, 2.05) is 20.8 Å². The second kappa shape index (κ2) is 5.54. The number of carbonyl (C=O) groups is 1. The number of nitrogen functional groups attached to an aromatic ring is 1. The molecule has 1 aromatic carbocycles. The minimum absolute atomic E-state index is 0.239. The van der Waals surface area contributed by atoms with Crippen LogP contribution in [0.4, 0.5) is 5.69 Å². The van der Waals surface area contributed by atoms with Crippen LogP contribution in [0, 0.1) is 23.7 Å². The highest BCUT2D eigenvalue weighted by Crippen LogP contribution is 2.19. The van der Waals surface area contributed by atoms with Gasteiger partial charge in [-0.15, -0.1) is 0 Å². The maximum atomic E-state index is 11.8. The van der Waals surface area contributed by atoms with E-state index in [2.05, 4.69) is 6.07 Å². The second-order valence-electron chi connectivity index (χ2n) is 4.96. The number of carbonyl (C=O) groups excluding carboxylic acids is 1. The third kappa shape index (κ3) is 3.77. The number of hydrogen-bond acceptors (Lipinski definition) is 4. The number of aryl methyl sites for hydroxylation is 1. The molecule has 0 unspecified atom stereocenters. The van der Waals surface area contributed by atoms with Crippen molar-refractivity contribution in [1.82, 2.24) is 0 Å². The third-order valence-electron chi connectivity index (χ3n) is 2.73. The van der Waals surface area contributed by atoms with E-state index in [-0.39, 0.29) is 12.6 Å². The van der Waals surface area contributed by atoms with Crippen LogP contribution in [0.1, 0.15) is 36.2 Å². The highest BCUT2D eigenvalue weighted by Gasteiger charge is 2.18. The number of rotatable bonds is 4. The van der Waals surface area contributed by atoms with E-state index in [0.29, 0.717) is 17.7 Å². The van der Waals surface area contributed by atoms with Gasteiger partial charge in [0, 0.05) is 5.69 Å². The van der Waals surface area contributed by atoms with Crippen molar-refractivity contribution in [3.8, 4) is 6.07 Å². The molecular weight excluding hydrogens is 228 g/mol. The maximum Gasteiger partial charge on any atom is 0.338 e. The summed E-state index contributed by atoms with van der Waals surface area (Å²) in [6.07, 6.45) is 0.517. The largest absolute Gasteiger partial charge is 0.462 e. The van der Waals surface area contributed by atoms with Crippen LogP contribution in [0.25, 0.3) is 0 Å². The average Bonchev–Trinajstić information content (AvgIpc) is 2.28. The summed E-state index contributed by atoms with van der Waals surface area (Å²) in [6, 6.07) is 7.22. The Morgan fingerprint density at radius 3 is 2.72 bits per heavy atom. The highest BCUT2D eigenvalue weighted by molar-refractivity contribution is 5.91. The van der Waals surface area contributed by atoms with E-state index in [1.54, 1.807) is 18.2 Å². The van der Waals surface area contributed by atoms with Crippen molar-refractivity contribution in [3.05, 3.63) is 29.3 Å². The lowest BCUT2D eigenvalue weighted by Gasteiger charge is -2.15. The lowest BCUT2D eigenvalue weighted by atomic mass is 9.92. The Balaban J connectivity index is 2.59. The molecule has 0 aromatic heterocycles. The van der Waals surface area contributed by atoms with Crippen LogP contribution in [0.15, 0.2) is 18.2 Å². The van der Waals surface area contributed by atoms with Crippen LogP contribution in [0.2, 0.25) is 0 Å².